The van der Waals surface area contributed by atoms with Crippen LogP contribution in [0.1, 0.15) is 37.8 Å². The van der Waals surface area contributed by atoms with Crippen LogP contribution in [0.5, 0.6) is 5.75 Å². The molecule has 0 radical (unpaired) electrons. The smallest absolute Gasteiger partial charge is 0.265 e. The van der Waals surface area contributed by atoms with Crippen molar-refractivity contribution in [2.24, 2.45) is 0 Å². The lowest BCUT2D eigenvalue weighted by molar-refractivity contribution is -0.122. The van der Waals surface area contributed by atoms with Crippen LogP contribution in [-0.4, -0.2) is 27.0 Å². The molecule has 0 aliphatic carbocycles. The van der Waals surface area contributed by atoms with Crippen molar-refractivity contribution in [3.05, 3.63) is 90.0 Å². The highest BCUT2D eigenvalue weighted by molar-refractivity contribution is 7.89. The Kier molecular flexibility index (Phi) is 8.25. The zero-order valence-corrected chi connectivity index (χ0v) is 19.9. The number of nitrogens with one attached hydrogen (secondary N) is 2. The van der Waals surface area contributed by atoms with Crippen molar-refractivity contribution in [2.75, 3.05) is 11.9 Å². The summed E-state index contributed by atoms with van der Waals surface area (Å²) in [6, 6.07) is 23.4. The summed E-state index contributed by atoms with van der Waals surface area (Å²) in [5, 5.41) is 2.76. The molecule has 174 valence electrons. The maximum Gasteiger partial charge on any atom is 0.265 e. The van der Waals surface area contributed by atoms with E-state index in [-0.39, 0.29) is 10.8 Å². The molecule has 0 saturated carbocycles. The van der Waals surface area contributed by atoms with Crippen molar-refractivity contribution in [3.8, 4) is 5.75 Å². The van der Waals surface area contributed by atoms with Crippen LogP contribution in [-0.2, 0) is 21.2 Å². The fraction of sp³-hybridized carbons (Fsp3) is 0.269. The largest absolute Gasteiger partial charge is 0.481 e. The van der Waals surface area contributed by atoms with Crippen LogP contribution in [0.4, 0.5) is 5.69 Å². The van der Waals surface area contributed by atoms with E-state index >= 15 is 0 Å². The Labute approximate surface area is 196 Å². The normalized spacial score (nSPS) is 12.4. The van der Waals surface area contributed by atoms with Gasteiger partial charge in [-0.1, -0.05) is 56.3 Å². The van der Waals surface area contributed by atoms with Gasteiger partial charge in [-0.25, -0.2) is 13.1 Å². The molecular formula is C26H30N2O4S. The van der Waals surface area contributed by atoms with Gasteiger partial charge in [0.25, 0.3) is 5.91 Å². The summed E-state index contributed by atoms with van der Waals surface area (Å²) in [6.07, 6.45) is -0.107. The molecule has 3 aromatic rings. The minimum Gasteiger partial charge on any atom is -0.481 e. The summed E-state index contributed by atoms with van der Waals surface area (Å²) in [5.41, 5.74) is 2.75. The number of hydrogen-bond donors (Lipinski definition) is 2. The minimum absolute atomic E-state index is 0.142. The quantitative estimate of drug-likeness (QED) is 0.452. The molecule has 0 saturated heterocycles. The van der Waals surface area contributed by atoms with Gasteiger partial charge in [0.15, 0.2) is 6.10 Å². The number of carbonyl (C=O) groups is 1. The molecule has 0 aliphatic rings. The zero-order chi connectivity index (χ0) is 23.8. The molecule has 0 heterocycles. The number of benzene rings is 3. The Morgan fingerprint density at radius 3 is 2.12 bits per heavy atom. The fourth-order valence-electron chi connectivity index (χ4n) is 3.21. The van der Waals surface area contributed by atoms with E-state index in [4.69, 9.17) is 4.74 Å². The van der Waals surface area contributed by atoms with Crippen molar-refractivity contribution < 1.29 is 17.9 Å². The van der Waals surface area contributed by atoms with E-state index in [2.05, 4.69) is 23.9 Å². The summed E-state index contributed by atoms with van der Waals surface area (Å²) in [5.74, 6) is 0.718. The summed E-state index contributed by atoms with van der Waals surface area (Å²) in [7, 11) is -3.63. The number of rotatable bonds is 10. The molecule has 0 aromatic heterocycles. The Morgan fingerprint density at radius 1 is 0.879 bits per heavy atom. The molecule has 3 rings (SSSR count). The van der Waals surface area contributed by atoms with Gasteiger partial charge in [0.1, 0.15) is 5.75 Å². The van der Waals surface area contributed by atoms with E-state index in [0.717, 1.165) is 5.56 Å². The molecule has 0 fully saturated rings. The van der Waals surface area contributed by atoms with E-state index < -0.39 is 16.1 Å². The van der Waals surface area contributed by atoms with Crippen molar-refractivity contribution in [1.29, 1.82) is 0 Å². The SMILES string of the molecule is CC(Oc1ccc(C(C)C)cc1)C(=O)Nc1ccc(S(=O)(=O)NCCc2ccccc2)cc1. The lowest BCUT2D eigenvalue weighted by atomic mass is 10.0. The first-order valence-electron chi connectivity index (χ1n) is 11.0. The van der Waals surface area contributed by atoms with Gasteiger partial charge in [-0.2, -0.15) is 0 Å². The van der Waals surface area contributed by atoms with Gasteiger partial charge in [0.05, 0.1) is 4.90 Å². The number of hydrogen-bond acceptors (Lipinski definition) is 4. The van der Waals surface area contributed by atoms with Crippen LogP contribution in [0.25, 0.3) is 0 Å². The maximum absolute atomic E-state index is 12.5. The number of anilines is 1. The topological polar surface area (TPSA) is 84.5 Å². The predicted molar refractivity (Wildman–Crippen MR) is 131 cm³/mol. The second-order valence-electron chi connectivity index (χ2n) is 8.13. The molecule has 1 atom stereocenters. The Hall–Kier alpha value is -3.16. The van der Waals surface area contributed by atoms with E-state index in [0.29, 0.717) is 30.3 Å². The average Bonchev–Trinajstić information content (AvgIpc) is 2.80. The van der Waals surface area contributed by atoms with Crippen molar-refractivity contribution in [1.82, 2.24) is 4.72 Å². The van der Waals surface area contributed by atoms with E-state index in [1.807, 2.05) is 54.6 Å². The van der Waals surface area contributed by atoms with Crippen LogP contribution < -0.4 is 14.8 Å². The monoisotopic (exact) mass is 466 g/mol. The Morgan fingerprint density at radius 2 is 1.52 bits per heavy atom. The van der Waals surface area contributed by atoms with E-state index in [1.54, 1.807) is 19.1 Å². The lowest BCUT2D eigenvalue weighted by Gasteiger charge is -2.16. The highest BCUT2D eigenvalue weighted by Gasteiger charge is 2.17. The second-order valence-corrected chi connectivity index (χ2v) is 9.90. The van der Waals surface area contributed by atoms with Gasteiger partial charge in [-0.05, 0) is 66.8 Å². The summed E-state index contributed by atoms with van der Waals surface area (Å²) in [4.78, 5) is 12.6. The molecule has 0 spiro atoms. The number of sulfonamides is 1. The van der Waals surface area contributed by atoms with Crippen LogP contribution in [0.2, 0.25) is 0 Å². The highest BCUT2D eigenvalue weighted by Crippen LogP contribution is 2.20. The predicted octanol–water partition coefficient (Wildman–Crippen LogP) is 4.74. The molecule has 7 heteroatoms. The second kappa shape index (κ2) is 11.1. The summed E-state index contributed by atoms with van der Waals surface area (Å²) >= 11 is 0. The van der Waals surface area contributed by atoms with Crippen LogP contribution in [0.3, 0.4) is 0 Å². The number of carbonyl (C=O) groups excluding carboxylic acids is 1. The number of ether oxygens (including phenoxy) is 1. The van der Waals surface area contributed by atoms with Crippen LogP contribution in [0, 0.1) is 0 Å². The first kappa shape index (κ1) is 24.5. The van der Waals surface area contributed by atoms with Gasteiger partial charge in [-0.3, -0.25) is 4.79 Å². The molecule has 1 amide bonds. The van der Waals surface area contributed by atoms with Gasteiger partial charge in [0, 0.05) is 12.2 Å². The molecule has 0 bridgehead atoms. The molecule has 0 aliphatic heterocycles. The standard InChI is InChI=1S/C26H30N2O4S/c1-19(2)22-9-13-24(14-10-22)32-20(3)26(29)28-23-11-15-25(16-12-23)33(30,31)27-18-17-21-7-5-4-6-8-21/h4-16,19-20,27H,17-18H2,1-3H3,(H,28,29). The zero-order valence-electron chi connectivity index (χ0n) is 19.1. The van der Waals surface area contributed by atoms with Gasteiger partial charge in [0.2, 0.25) is 10.0 Å². The summed E-state index contributed by atoms with van der Waals surface area (Å²) < 4.78 is 33.4. The first-order chi connectivity index (χ1) is 15.7. The van der Waals surface area contributed by atoms with Crippen LogP contribution in [0.15, 0.2) is 83.8 Å². The molecule has 1 unspecified atom stereocenters. The highest BCUT2D eigenvalue weighted by atomic mass is 32.2. The third kappa shape index (κ3) is 7.17. The average molecular weight is 467 g/mol. The van der Waals surface area contributed by atoms with Crippen molar-refractivity contribution >= 4 is 21.6 Å². The molecule has 2 N–H and O–H groups in total. The maximum atomic E-state index is 12.5. The summed E-state index contributed by atoms with van der Waals surface area (Å²) in [6.45, 7) is 6.20. The molecule has 3 aromatic carbocycles. The van der Waals surface area contributed by atoms with Crippen LogP contribution >= 0.6 is 0 Å². The first-order valence-corrected chi connectivity index (χ1v) is 12.4. The minimum atomic E-state index is -3.63. The lowest BCUT2D eigenvalue weighted by Crippen LogP contribution is -2.30. The molecular weight excluding hydrogens is 436 g/mol. The van der Waals surface area contributed by atoms with Crippen molar-refractivity contribution in [3.63, 3.8) is 0 Å². The van der Waals surface area contributed by atoms with E-state index in [1.165, 1.54) is 17.7 Å². The Balaban J connectivity index is 1.52. The van der Waals surface area contributed by atoms with Gasteiger partial charge in [-0.15, -0.1) is 0 Å². The third-order valence-electron chi connectivity index (χ3n) is 5.21. The van der Waals surface area contributed by atoms with E-state index in [9.17, 15) is 13.2 Å². The molecule has 6 nitrogen and oxygen atoms in total. The molecule has 33 heavy (non-hydrogen) atoms. The van der Waals surface area contributed by atoms with Crippen molar-refractivity contribution in [2.45, 2.75) is 44.1 Å². The number of amides is 1. The fourth-order valence-corrected chi connectivity index (χ4v) is 4.24. The van der Waals surface area contributed by atoms with Gasteiger partial charge < -0.3 is 10.1 Å². The Bertz CT molecular complexity index is 1140. The van der Waals surface area contributed by atoms with Gasteiger partial charge >= 0.3 is 0 Å². The third-order valence-corrected chi connectivity index (χ3v) is 6.69.